The number of carbonyl (C=O) groups is 2. The summed E-state index contributed by atoms with van der Waals surface area (Å²) in [5.41, 5.74) is 0.642. The normalized spacial score (nSPS) is 30.9. The number of hydrogen-bond donors (Lipinski definition) is 0. The van der Waals surface area contributed by atoms with Crippen LogP contribution in [0.15, 0.2) is 53.6 Å². The minimum Gasteiger partial charge on any atom is -0.334 e. The van der Waals surface area contributed by atoms with Gasteiger partial charge in [0.2, 0.25) is 11.8 Å². The van der Waals surface area contributed by atoms with Gasteiger partial charge < -0.3 is 9.80 Å². The Morgan fingerprint density at radius 3 is 2.50 bits per heavy atom. The van der Waals surface area contributed by atoms with E-state index in [9.17, 15) is 14.4 Å². The second-order valence-electron chi connectivity index (χ2n) is 9.75. The van der Waals surface area contributed by atoms with E-state index in [4.69, 9.17) is 0 Å². The van der Waals surface area contributed by atoms with Gasteiger partial charge in [-0.25, -0.2) is 9.78 Å². The van der Waals surface area contributed by atoms with Crippen molar-refractivity contribution in [3.63, 3.8) is 0 Å². The highest BCUT2D eigenvalue weighted by Gasteiger charge is 2.64. The van der Waals surface area contributed by atoms with Gasteiger partial charge in [-0.3, -0.25) is 14.2 Å². The van der Waals surface area contributed by atoms with Crippen molar-refractivity contribution < 1.29 is 9.59 Å². The number of aromatic nitrogens is 2. The molecule has 5 rings (SSSR count). The monoisotopic (exact) mass is 434 g/mol. The van der Waals surface area contributed by atoms with E-state index in [1.54, 1.807) is 19.2 Å². The van der Waals surface area contributed by atoms with E-state index < -0.39 is 5.69 Å². The first-order valence-electron chi connectivity index (χ1n) is 11.6. The van der Waals surface area contributed by atoms with Crippen molar-refractivity contribution in [2.75, 3.05) is 0 Å². The Balaban J connectivity index is 1.54. The van der Waals surface area contributed by atoms with Crippen LogP contribution in [0, 0.1) is 5.41 Å². The third-order valence-electron chi connectivity index (χ3n) is 7.98. The molecular formula is C25H30N4O3. The molecule has 3 heterocycles. The van der Waals surface area contributed by atoms with E-state index in [2.05, 4.69) is 28.9 Å². The van der Waals surface area contributed by atoms with Crippen LogP contribution in [0.3, 0.4) is 0 Å². The highest BCUT2D eigenvalue weighted by molar-refractivity contribution is 5.79. The molecule has 3 fully saturated rings. The van der Waals surface area contributed by atoms with Crippen molar-refractivity contribution >= 4 is 11.8 Å². The maximum absolute atomic E-state index is 13.7. The van der Waals surface area contributed by atoms with E-state index in [0.717, 1.165) is 32.1 Å². The molecule has 0 radical (unpaired) electrons. The number of nitrogens with zero attached hydrogens (tertiary/aromatic N) is 4. The molecule has 3 aliphatic rings. The molecule has 0 unspecified atom stereocenters. The second kappa shape index (κ2) is 7.87. The minimum absolute atomic E-state index is 0.0153. The van der Waals surface area contributed by atoms with E-state index in [-0.39, 0.29) is 47.9 Å². The van der Waals surface area contributed by atoms with Crippen LogP contribution in [-0.4, -0.2) is 55.3 Å². The number of fused-ring (bicyclic) bond motifs is 1. The maximum Gasteiger partial charge on any atom is 0.347 e. The average Bonchev–Trinajstić information content (AvgIpc) is 3.08. The van der Waals surface area contributed by atoms with Crippen molar-refractivity contribution in [3.8, 4) is 0 Å². The minimum atomic E-state index is -0.415. The molecule has 1 aliphatic carbocycles. The Labute approximate surface area is 188 Å². The summed E-state index contributed by atoms with van der Waals surface area (Å²) < 4.78 is 1.38. The van der Waals surface area contributed by atoms with Gasteiger partial charge in [-0.05, 0) is 43.7 Å². The lowest BCUT2D eigenvalue weighted by atomic mass is 9.64. The summed E-state index contributed by atoms with van der Waals surface area (Å²) in [7, 11) is 0. The summed E-state index contributed by atoms with van der Waals surface area (Å²) in [5.74, 6) is 0.0354. The molecule has 7 heteroatoms. The lowest BCUT2D eigenvalue weighted by molar-refractivity contribution is -0.143. The van der Waals surface area contributed by atoms with Gasteiger partial charge in [0, 0.05) is 36.8 Å². The Bertz CT molecular complexity index is 1080. The molecule has 2 amide bonds. The summed E-state index contributed by atoms with van der Waals surface area (Å²) in [6.07, 6.45) is 7.60. The Hall–Kier alpha value is -2.96. The molecule has 1 aromatic carbocycles. The number of piperidine rings is 1. The van der Waals surface area contributed by atoms with Crippen molar-refractivity contribution in [1.29, 1.82) is 0 Å². The third kappa shape index (κ3) is 3.26. The fraction of sp³-hybridized carbons (Fsp3) is 0.520. The molecule has 7 nitrogen and oxygen atoms in total. The Kier molecular flexibility index (Phi) is 5.14. The van der Waals surface area contributed by atoms with Gasteiger partial charge in [0.1, 0.15) is 6.54 Å². The molecule has 2 aromatic rings. The number of benzene rings is 1. The van der Waals surface area contributed by atoms with Crippen LogP contribution in [0.25, 0.3) is 0 Å². The topological polar surface area (TPSA) is 75.5 Å². The van der Waals surface area contributed by atoms with Crippen LogP contribution in [0.1, 0.15) is 45.1 Å². The highest BCUT2D eigenvalue weighted by Crippen LogP contribution is 2.56. The number of likely N-dealkylation sites (tertiary alicyclic amines) is 2. The molecule has 0 spiro atoms. The van der Waals surface area contributed by atoms with Crippen molar-refractivity contribution in [1.82, 2.24) is 19.4 Å². The molecule has 32 heavy (non-hydrogen) atoms. The fourth-order valence-electron chi connectivity index (χ4n) is 6.73. The largest absolute Gasteiger partial charge is 0.347 e. The first-order chi connectivity index (χ1) is 15.4. The molecule has 0 N–H and O–H groups in total. The molecule has 1 saturated carbocycles. The van der Waals surface area contributed by atoms with E-state index in [1.165, 1.54) is 16.3 Å². The van der Waals surface area contributed by atoms with Crippen LogP contribution in [-0.2, 0) is 22.6 Å². The van der Waals surface area contributed by atoms with Crippen LogP contribution in [0.5, 0.6) is 0 Å². The van der Waals surface area contributed by atoms with Gasteiger partial charge in [-0.1, -0.05) is 37.3 Å². The number of amides is 2. The summed E-state index contributed by atoms with van der Waals surface area (Å²) >= 11 is 0. The van der Waals surface area contributed by atoms with Gasteiger partial charge >= 0.3 is 5.69 Å². The standard InChI is InChI=1S/C25H30N4O3/c1-17(30)28-19(14-18-8-4-3-5-9-18)20-15-25(2)21(28)10-6-11-22(25)29(20)23(31)16-27-13-7-12-26-24(27)32/h3-5,7-9,12-13,19-22H,6,10-11,14-16H2,1-2H3/t19-,20+,21-,22+,25-/m1/s1. The van der Waals surface area contributed by atoms with Crippen LogP contribution >= 0.6 is 0 Å². The molecule has 2 saturated heterocycles. The average molecular weight is 435 g/mol. The van der Waals surface area contributed by atoms with Gasteiger partial charge in [0.05, 0.1) is 12.1 Å². The lowest BCUT2D eigenvalue weighted by Gasteiger charge is -2.52. The van der Waals surface area contributed by atoms with Gasteiger partial charge in [0.15, 0.2) is 0 Å². The first kappa shape index (κ1) is 20.9. The summed E-state index contributed by atoms with van der Waals surface area (Å²) in [6.45, 7) is 3.91. The second-order valence-corrected chi connectivity index (χ2v) is 9.75. The van der Waals surface area contributed by atoms with Crippen molar-refractivity contribution in [3.05, 3.63) is 64.8 Å². The zero-order valence-electron chi connectivity index (χ0n) is 18.7. The van der Waals surface area contributed by atoms with Crippen LogP contribution in [0.2, 0.25) is 0 Å². The summed E-state index contributed by atoms with van der Waals surface area (Å²) in [4.78, 5) is 46.7. The molecule has 2 aliphatic heterocycles. The third-order valence-corrected chi connectivity index (χ3v) is 7.98. The molecule has 168 valence electrons. The zero-order valence-corrected chi connectivity index (χ0v) is 18.7. The highest BCUT2D eigenvalue weighted by atomic mass is 16.2. The van der Waals surface area contributed by atoms with Crippen LogP contribution in [0.4, 0.5) is 0 Å². The van der Waals surface area contributed by atoms with Gasteiger partial charge in [0.25, 0.3) is 0 Å². The Morgan fingerprint density at radius 1 is 1.09 bits per heavy atom. The summed E-state index contributed by atoms with van der Waals surface area (Å²) in [6, 6.07) is 12.0. The van der Waals surface area contributed by atoms with E-state index >= 15 is 0 Å². The molecule has 1 aromatic heterocycles. The summed E-state index contributed by atoms with van der Waals surface area (Å²) in [5, 5.41) is 0. The van der Waals surface area contributed by atoms with Gasteiger partial charge in [-0.15, -0.1) is 0 Å². The van der Waals surface area contributed by atoms with Crippen molar-refractivity contribution in [2.45, 2.75) is 76.7 Å². The Morgan fingerprint density at radius 2 is 1.81 bits per heavy atom. The zero-order chi connectivity index (χ0) is 22.5. The molecular weight excluding hydrogens is 404 g/mol. The van der Waals surface area contributed by atoms with E-state index in [1.807, 2.05) is 23.1 Å². The predicted octanol–water partition coefficient (Wildman–Crippen LogP) is 2.25. The molecule has 5 atom stereocenters. The SMILES string of the molecule is CC(=O)N1[C@H](Cc2ccccc2)[C@@H]2C[C@@]3(C)[C@H](CCC[C@@H]13)N2C(=O)Cn1cccnc1=O. The van der Waals surface area contributed by atoms with Gasteiger partial charge in [-0.2, -0.15) is 0 Å². The number of hydrogen-bond acceptors (Lipinski definition) is 4. The first-order valence-corrected chi connectivity index (χ1v) is 11.6. The van der Waals surface area contributed by atoms with Crippen molar-refractivity contribution in [2.24, 2.45) is 5.41 Å². The molecule has 2 bridgehead atoms. The lowest BCUT2D eigenvalue weighted by Crippen LogP contribution is -2.62. The fourth-order valence-corrected chi connectivity index (χ4v) is 6.73. The number of carbonyl (C=O) groups excluding carboxylic acids is 2. The smallest absolute Gasteiger partial charge is 0.334 e. The van der Waals surface area contributed by atoms with E-state index in [0.29, 0.717) is 0 Å². The quantitative estimate of drug-likeness (QED) is 0.740. The number of rotatable bonds is 4. The maximum atomic E-state index is 13.7. The predicted molar refractivity (Wildman–Crippen MR) is 120 cm³/mol. The van der Waals surface area contributed by atoms with Crippen LogP contribution < -0.4 is 5.69 Å².